The van der Waals surface area contributed by atoms with Crippen LogP contribution in [0.2, 0.25) is 0 Å². The lowest BCUT2D eigenvalue weighted by Crippen LogP contribution is -2.54. The lowest BCUT2D eigenvalue weighted by atomic mass is 9.79. The van der Waals surface area contributed by atoms with Gasteiger partial charge in [0.25, 0.3) is 5.91 Å². The summed E-state index contributed by atoms with van der Waals surface area (Å²) in [6.07, 6.45) is 3.64. The highest BCUT2D eigenvalue weighted by atomic mass is 16.6. The fourth-order valence-electron chi connectivity index (χ4n) is 5.51. The van der Waals surface area contributed by atoms with E-state index in [1.807, 2.05) is 76.5 Å². The molecule has 1 fully saturated rings. The van der Waals surface area contributed by atoms with Crippen LogP contribution in [0.5, 0.6) is 0 Å². The normalized spacial score (nSPS) is 19.4. The molecule has 0 bridgehead atoms. The summed E-state index contributed by atoms with van der Waals surface area (Å²) in [6, 6.07) is 5.63. The Morgan fingerprint density at radius 1 is 1.18 bits per heavy atom. The van der Waals surface area contributed by atoms with E-state index in [0.717, 1.165) is 36.9 Å². The van der Waals surface area contributed by atoms with E-state index in [4.69, 9.17) is 9.47 Å². The zero-order valence-electron chi connectivity index (χ0n) is 24.6. The van der Waals surface area contributed by atoms with E-state index in [1.54, 1.807) is 12.0 Å². The molecule has 1 atom stereocenters. The SMILES string of the molecule is COCCCCN1C(=O)C(C)(C)Cc2ccc(C(=O)N(C(C)C)[C@@H]3CCCN(C(=O)OC(C)(C)C)C3)cc21. The summed E-state index contributed by atoms with van der Waals surface area (Å²) in [6.45, 7) is 15.9. The molecule has 8 nitrogen and oxygen atoms in total. The van der Waals surface area contributed by atoms with Crippen LogP contribution < -0.4 is 4.90 Å². The Hall–Kier alpha value is -2.61. The van der Waals surface area contributed by atoms with Crippen LogP contribution in [0.4, 0.5) is 10.5 Å². The van der Waals surface area contributed by atoms with Gasteiger partial charge in [-0.05, 0) is 84.4 Å². The number of fused-ring (bicyclic) bond motifs is 1. The van der Waals surface area contributed by atoms with E-state index in [9.17, 15) is 14.4 Å². The van der Waals surface area contributed by atoms with Gasteiger partial charge in [0.15, 0.2) is 0 Å². The number of rotatable bonds is 8. The first-order valence-corrected chi connectivity index (χ1v) is 14.0. The number of hydrogen-bond donors (Lipinski definition) is 0. The largest absolute Gasteiger partial charge is 0.444 e. The number of nitrogens with zero attached hydrogens (tertiary/aromatic N) is 3. The van der Waals surface area contributed by atoms with Crippen molar-refractivity contribution < 1.29 is 23.9 Å². The van der Waals surface area contributed by atoms with E-state index in [1.165, 1.54) is 0 Å². The third kappa shape index (κ3) is 7.07. The minimum Gasteiger partial charge on any atom is -0.444 e. The van der Waals surface area contributed by atoms with Crippen molar-refractivity contribution in [2.24, 2.45) is 5.41 Å². The van der Waals surface area contributed by atoms with Crippen LogP contribution in [0.1, 0.15) is 90.1 Å². The van der Waals surface area contributed by atoms with Gasteiger partial charge in [-0.3, -0.25) is 9.59 Å². The molecule has 3 amide bonds. The van der Waals surface area contributed by atoms with E-state index in [0.29, 0.717) is 38.2 Å². The number of carbonyl (C=O) groups excluding carboxylic acids is 3. The maximum absolute atomic E-state index is 14.0. The number of likely N-dealkylation sites (tertiary alicyclic amines) is 1. The van der Waals surface area contributed by atoms with Crippen LogP contribution in [0.15, 0.2) is 18.2 Å². The minimum atomic E-state index is -0.567. The van der Waals surface area contributed by atoms with Crippen LogP contribution in [-0.4, -0.2) is 78.7 Å². The monoisotopic (exact) mass is 529 g/mol. The summed E-state index contributed by atoms with van der Waals surface area (Å²) in [5.74, 6) is 0.0171. The first kappa shape index (κ1) is 29.9. The van der Waals surface area contributed by atoms with Crippen molar-refractivity contribution >= 4 is 23.6 Å². The van der Waals surface area contributed by atoms with Crippen molar-refractivity contribution in [3.63, 3.8) is 0 Å². The lowest BCUT2D eigenvalue weighted by molar-refractivity contribution is -0.127. The summed E-state index contributed by atoms with van der Waals surface area (Å²) in [5, 5.41) is 0. The molecule has 2 aliphatic rings. The van der Waals surface area contributed by atoms with Crippen LogP contribution in [0.25, 0.3) is 0 Å². The van der Waals surface area contributed by atoms with Crippen molar-refractivity contribution in [3.8, 4) is 0 Å². The topological polar surface area (TPSA) is 79.4 Å². The van der Waals surface area contributed by atoms with E-state index < -0.39 is 11.0 Å². The van der Waals surface area contributed by atoms with Crippen molar-refractivity contribution in [2.45, 2.75) is 98.3 Å². The fraction of sp³-hybridized carbons (Fsp3) is 0.700. The number of benzene rings is 1. The molecule has 2 aliphatic heterocycles. The second-order valence-corrected chi connectivity index (χ2v) is 12.6. The standard InChI is InChI=1S/C30H47N3O5/c1-21(2)33(24-12-11-15-31(20-24)28(36)38-29(3,4)5)26(34)22-13-14-23-19-30(6,7)27(35)32(25(23)18-22)16-9-10-17-37-8/h13-14,18,21,24H,9-12,15-17,19-20H2,1-8H3/t24-/m1/s1. The maximum atomic E-state index is 14.0. The molecule has 0 radical (unpaired) electrons. The zero-order chi connectivity index (χ0) is 28.3. The summed E-state index contributed by atoms with van der Waals surface area (Å²) in [7, 11) is 1.68. The predicted octanol–water partition coefficient (Wildman–Crippen LogP) is 5.28. The molecule has 0 aromatic heterocycles. The quantitative estimate of drug-likeness (QED) is 0.428. The van der Waals surface area contributed by atoms with Crippen molar-refractivity contribution in [2.75, 3.05) is 38.3 Å². The molecule has 0 saturated carbocycles. The van der Waals surface area contributed by atoms with Gasteiger partial charge in [0.05, 0.1) is 6.04 Å². The molecule has 2 heterocycles. The summed E-state index contributed by atoms with van der Waals surface area (Å²) in [4.78, 5) is 45.6. The number of ether oxygens (including phenoxy) is 2. The van der Waals surface area contributed by atoms with Gasteiger partial charge in [0.2, 0.25) is 5.91 Å². The molecule has 0 unspecified atom stereocenters. The average Bonchev–Trinajstić information content (AvgIpc) is 2.82. The molecular formula is C30H47N3O5. The summed E-state index contributed by atoms with van der Waals surface area (Å²) < 4.78 is 10.8. The highest BCUT2D eigenvalue weighted by Crippen LogP contribution is 2.38. The van der Waals surface area contributed by atoms with E-state index >= 15 is 0 Å². The van der Waals surface area contributed by atoms with Gasteiger partial charge in [-0.15, -0.1) is 0 Å². The number of amides is 3. The van der Waals surface area contributed by atoms with E-state index in [2.05, 4.69) is 0 Å². The number of anilines is 1. The first-order valence-electron chi connectivity index (χ1n) is 14.0. The highest BCUT2D eigenvalue weighted by molar-refractivity contribution is 6.02. The molecule has 1 aromatic carbocycles. The Kier molecular flexibility index (Phi) is 9.50. The van der Waals surface area contributed by atoms with Crippen LogP contribution >= 0.6 is 0 Å². The minimum absolute atomic E-state index is 0.0483. The molecular weight excluding hydrogens is 482 g/mol. The lowest BCUT2D eigenvalue weighted by Gasteiger charge is -2.42. The van der Waals surface area contributed by atoms with E-state index in [-0.39, 0.29) is 30.0 Å². The first-order chi connectivity index (χ1) is 17.7. The third-order valence-corrected chi connectivity index (χ3v) is 7.29. The highest BCUT2D eigenvalue weighted by Gasteiger charge is 2.40. The Bertz CT molecular complexity index is 1010. The van der Waals surface area contributed by atoms with Gasteiger partial charge in [0.1, 0.15) is 5.60 Å². The molecule has 0 spiro atoms. The Morgan fingerprint density at radius 2 is 1.89 bits per heavy atom. The molecule has 1 aromatic rings. The van der Waals surface area contributed by atoms with Gasteiger partial charge >= 0.3 is 6.09 Å². The zero-order valence-corrected chi connectivity index (χ0v) is 24.6. The van der Waals surface area contributed by atoms with Gasteiger partial charge in [-0.1, -0.05) is 19.9 Å². The number of piperidine rings is 1. The molecule has 8 heteroatoms. The molecule has 0 N–H and O–H groups in total. The third-order valence-electron chi connectivity index (χ3n) is 7.29. The number of carbonyl (C=O) groups is 3. The van der Waals surface area contributed by atoms with Crippen LogP contribution in [0.3, 0.4) is 0 Å². The van der Waals surface area contributed by atoms with Crippen LogP contribution in [-0.2, 0) is 20.7 Å². The number of methoxy groups -OCH3 is 1. The summed E-state index contributed by atoms with van der Waals surface area (Å²) >= 11 is 0. The molecule has 212 valence electrons. The molecule has 3 rings (SSSR count). The van der Waals surface area contributed by atoms with Gasteiger partial charge in [0, 0.05) is 56.1 Å². The van der Waals surface area contributed by atoms with Crippen molar-refractivity contribution in [3.05, 3.63) is 29.3 Å². The van der Waals surface area contributed by atoms with Crippen molar-refractivity contribution in [1.82, 2.24) is 9.80 Å². The molecule has 0 aliphatic carbocycles. The Balaban J connectivity index is 1.86. The molecule has 38 heavy (non-hydrogen) atoms. The molecule has 1 saturated heterocycles. The van der Waals surface area contributed by atoms with Gasteiger partial charge < -0.3 is 24.2 Å². The van der Waals surface area contributed by atoms with Crippen molar-refractivity contribution in [1.29, 1.82) is 0 Å². The maximum Gasteiger partial charge on any atom is 0.410 e. The van der Waals surface area contributed by atoms with Crippen LogP contribution in [0, 0.1) is 5.41 Å². The summed E-state index contributed by atoms with van der Waals surface area (Å²) in [5.41, 5.74) is 1.43. The second-order valence-electron chi connectivity index (χ2n) is 12.6. The average molecular weight is 530 g/mol. The van der Waals surface area contributed by atoms with Gasteiger partial charge in [-0.25, -0.2) is 4.79 Å². The number of unbranched alkanes of at least 4 members (excludes halogenated alkanes) is 1. The Morgan fingerprint density at radius 3 is 2.53 bits per heavy atom. The smallest absolute Gasteiger partial charge is 0.410 e. The fourth-order valence-corrected chi connectivity index (χ4v) is 5.51. The number of hydrogen-bond acceptors (Lipinski definition) is 5. The predicted molar refractivity (Wildman–Crippen MR) is 150 cm³/mol. The van der Waals surface area contributed by atoms with Gasteiger partial charge in [-0.2, -0.15) is 0 Å². The second kappa shape index (κ2) is 12.1. The Labute approximate surface area is 228 Å².